The number of nitrogens with one attached hydrogen (secondary N) is 2. The van der Waals surface area contributed by atoms with E-state index in [-0.39, 0.29) is 35.6 Å². The van der Waals surface area contributed by atoms with Gasteiger partial charge in [-0.1, -0.05) is 25.9 Å². The van der Waals surface area contributed by atoms with Gasteiger partial charge in [0.15, 0.2) is 11.6 Å². The lowest BCUT2D eigenvalue weighted by Gasteiger charge is -2.15. The molecule has 0 radical (unpaired) electrons. The van der Waals surface area contributed by atoms with Crippen molar-refractivity contribution in [3.8, 4) is 0 Å². The van der Waals surface area contributed by atoms with E-state index in [1.807, 2.05) is 20.8 Å². The topological polar surface area (TPSA) is 110 Å². The Morgan fingerprint density at radius 2 is 1.84 bits per heavy atom. The average Bonchev–Trinajstić information content (AvgIpc) is 3.38. The molecule has 2 N–H and O–H groups in total. The number of aryl methyl sites for hydroxylation is 1. The van der Waals surface area contributed by atoms with Gasteiger partial charge in [0.2, 0.25) is 11.8 Å². The van der Waals surface area contributed by atoms with Crippen LogP contribution in [0.2, 0.25) is 0 Å². The molecular formula is C21H21F3N4O4. The fourth-order valence-corrected chi connectivity index (χ4v) is 2.66. The Kier molecular flexibility index (Phi) is 6.37. The third kappa shape index (κ3) is 5.74. The molecular weight excluding hydrogens is 429 g/mol. The van der Waals surface area contributed by atoms with E-state index < -0.39 is 29.2 Å². The molecule has 2 aromatic heterocycles. The number of carbonyl (C=O) groups is 2. The molecule has 0 atom stereocenters. The normalized spacial score (nSPS) is 11.9. The van der Waals surface area contributed by atoms with Gasteiger partial charge in [0.05, 0.1) is 17.5 Å². The van der Waals surface area contributed by atoms with Gasteiger partial charge in [-0.2, -0.15) is 18.2 Å². The number of amides is 2. The molecule has 0 saturated heterocycles. The molecule has 3 aromatic rings. The van der Waals surface area contributed by atoms with E-state index in [4.69, 9.17) is 8.94 Å². The van der Waals surface area contributed by atoms with E-state index in [0.717, 1.165) is 12.1 Å². The molecule has 0 spiro atoms. The zero-order chi connectivity index (χ0) is 23.5. The maximum Gasteiger partial charge on any atom is 0.418 e. The Bertz CT molecular complexity index is 1100. The average molecular weight is 450 g/mol. The molecule has 2 heterocycles. The van der Waals surface area contributed by atoms with Crippen molar-refractivity contribution in [2.75, 3.05) is 10.6 Å². The summed E-state index contributed by atoms with van der Waals surface area (Å²) in [6, 6.07) is 5.92. The summed E-state index contributed by atoms with van der Waals surface area (Å²) in [5, 5.41) is 8.42. The summed E-state index contributed by atoms with van der Waals surface area (Å²) in [4.78, 5) is 28.4. The molecule has 170 valence electrons. The summed E-state index contributed by atoms with van der Waals surface area (Å²) in [6.07, 6.45) is -3.57. The number of hydrogen-bond acceptors (Lipinski definition) is 6. The van der Waals surface area contributed by atoms with Crippen LogP contribution in [0, 0.1) is 0 Å². The van der Waals surface area contributed by atoms with Crippen LogP contribution in [0.4, 0.5) is 24.5 Å². The number of benzene rings is 1. The summed E-state index contributed by atoms with van der Waals surface area (Å²) in [5.74, 6) is -0.712. The van der Waals surface area contributed by atoms with E-state index in [1.54, 1.807) is 0 Å². The van der Waals surface area contributed by atoms with Crippen molar-refractivity contribution >= 4 is 23.2 Å². The van der Waals surface area contributed by atoms with Gasteiger partial charge < -0.3 is 19.6 Å². The quantitative estimate of drug-likeness (QED) is 0.558. The molecule has 2 amide bonds. The minimum atomic E-state index is -4.76. The maximum absolute atomic E-state index is 13.5. The first-order valence-electron chi connectivity index (χ1n) is 9.62. The number of nitrogens with zero attached hydrogens (tertiary/aromatic N) is 2. The van der Waals surface area contributed by atoms with E-state index >= 15 is 0 Å². The zero-order valence-corrected chi connectivity index (χ0v) is 17.5. The van der Waals surface area contributed by atoms with Crippen molar-refractivity contribution < 1.29 is 31.7 Å². The second-order valence-corrected chi connectivity index (χ2v) is 8.00. The third-order valence-electron chi connectivity index (χ3n) is 4.31. The van der Waals surface area contributed by atoms with Crippen LogP contribution in [0.1, 0.15) is 55.0 Å². The van der Waals surface area contributed by atoms with Crippen LogP contribution in [0.25, 0.3) is 0 Å². The lowest BCUT2D eigenvalue weighted by Crippen LogP contribution is -2.18. The minimum Gasteiger partial charge on any atom is -0.459 e. The maximum atomic E-state index is 13.5. The number of furan rings is 1. The smallest absolute Gasteiger partial charge is 0.418 e. The Morgan fingerprint density at radius 3 is 2.44 bits per heavy atom. The second kappa shape index (κ2) is 8.85. The molecule has 0 fully saturated rings. The number of hydrogen-bond donors (Lipinski definition) is 2. The van der Waals surface area contributed by atoms with Crippen molar-refractivity contribution in [2.45, 2.75) is 45.2 Å². The molecule has 0 aliphatic rings. The molecule has 32 heavy (non-hydrogen) atoms. The van der Waals surface area contributed by atoms with Gasteiger partial charge in [-0.3, -0.25) is 9.59 Å². The molecule has 11 heteroatoms. The van der Waals surface area contributed by atoms with Crippen molar-refractivity contribution in [2.24, 2.45) is 0 Å². The largest absolute Gasteiger partial charge is 0.459 e. The molecule has 0 aliphatic heterocycles. The zero-order valence-electron chi connectivity index (χ0n) is 17.5. The van der Waals surface area contributed by atoms with E-state index in [2.05, 4.69) is 20.8 Å². The Labute approximate surface area is 181 Å². The molecule has 3 rings (SSSR count). The number of carbonyl (C=O) groups excluding carboxylic acids is 2. The van der Waals surface area contributed by atoms with Crippen LogP contribution in [-0.4, -0.2) is 22.0 Å². The number of alkyl halides is 3. The van der Waals surface area contributed by atoms with Crippen LogP contribution < -0.4 is 10.6 Å². The predicted octanol–water partition coefficient (Wildman–Crippen LogP) is 4.80. The lowest BCUT2D eigenvalue weighted by molar-refractivity contribution is -0.136. The highest BCUT2D eigenvalue weighted by molar-refractivity contribution is 6.02. The fourth-order valence-electron chi connectivity index (χ4n) is 2.66. The van der Waals surface area contributed by atoms with Crippen molar-refractivity contribution in [1.82, 2.24) is 10.1 Å². The summed E-state index contributed by atoms with van der Waals surface area (Å²) in [7, 11) is 0. The molecule has 0 bridgehead atoms. The molecule has 8 nitrogen and oxygen atoms in total. The van der Waals surface area contributed by atoms with Crippen LogP contribution in [0.15, 0.2) is 45.5 Å². The first-order valence-corrected chi connectivity index (χ1v) is 9.62. The minimum absolute atomic E-state index is 0.0495. The first-order chi connectivity index (χ1) is 14.9. The standard InChI is InChI=1S/C21H21F3N4O4/c1-20(2,3)19-27-17(32-28-19)9-8-16(29)26-14-7-6-12(11-13(14)21(22,23)24)25-18(30)15-5-4-10-31-15/h4-7,10-11H,8-9H2,1-3H3,(H,25,30)(H,26,29). The van der Waals surface area contributed by atoms with Gasteiger partial charge in [-0.15, -0.1) is 0 Å². The Balaban J connectivity index is 1.69. The third-order valence-corrected chi connectivity index (χ3v) is 4.31. The van der Waals surface area contributed by atoms with Crippen LogP contribution >= 0.6 is 0 Å². The molecule has 0 saturated carbocycles. The van der Waals surface area contributed by atoms with Gasteiger partial charge in [-0.05, 0) is 30.3 Å². The molecule has 1 aromatic carbocycles. The van der Waals surface area contributed by atoms with Gasteiger partial charge in [0, 0.05) is 23.9 Å². The number of anilines is 2. The van der Waals surface area contributed by atoms with Crippen LogP contribution in [0.3, 0.4) is 0 Å². The number of rotatable bonds is 6. The van der Waals surface area contributed by atoms with Gasteiger partial charge in [-0.25, -0.2) is 0 Å². The first kappa shape index (κ1) is 23.0. The number of halogens is 3. The lowest BCUT2D eigenvalue weighted by atomic mass is 9.96. The van der Waals surface area contributed by atoms with Crippen molar-refractivity contribution in [3.05, 3.63) is 59.6 Å². The predicted molar refractivity (Wildman–Crippen MR) is 108 cm³/mol. The SMILES string of the molecule is CC(C)(C)c1noc(CCC(=O)Nc2ccc(NC(=O)c3ccco3)cc2C(F)(F)F)n1. The van der Waals surface area contributed by atoms with Crippen molar-refractivity contribution in [3.63, 3.8) is 0 Å². The highest BCUT2D eigenvalue weighted by Gasteiger charge is 2.34. The summed E-state index contributed by atoms with van der Waals surface area (Å²) in [5.41, 5.74) is -1.97. The van der Waals surface area contributed by atoms with Gasteiger partial charge in [0.1, 0.15) is 0 Å². The van der Waals surface area contributed by atoms with Crippen molar-refractivity contribution in [1.29, 1.82) is 0 Å². The van der Waals surface area contributed by atoms with E-state index in [0.29, 0.717) is 5.82 Å². The summed E-state index contributed by atoms with van der Waals surface area (Å²) >= 11 is 0. The Hall–Kier alpha value is -3.63. The van der Waals surface area contributed by atoms with E-state index in [1.165, 1.54) is 24.5 Å². The van der Waals surface area contributed by atoms with Gasteiger partial charge >= 0.3 is 6.18 Å². The van der Waals surface area contributed by atoms with Crippen LogP contribution in [-0.2, 0) is 22.8 Å². The Morgan fingerprint density at radius 1 is 1.09 bits per heavy atom. The fraction of sp³-hybridized carbons (Fsp3) is 0.333. The monoisotopic (exact) mass is 450 g/mol. The molecule has 0 aliphatic carbocycles. The highest BCUT2D eigenvalue weighted by atomic mass is 19.4. The number of aromatic nitrogens is 2. The second-order valence-electron chi connectivity index (χ2n) is 8.00. The summed E-state index contributed by atoms with van der Waals surface area (Å²) in [6.45, 7) is 5.69. The summed E-state index contributed by atoms with van der Waals surface area (Å²) < 4.78 is 50.6. The molecule has 0 unspecified atom stereocenters. The van der Waals surface area contributed by atoms with E-state index in [9.17, 15) is 22.8 Å². The highest BCUT2D eigenvalue weighted by Crippen LogP contribution is 2.36. The van der Waals surface area contributed by atoms with Crippen LogP contribution in [0.5, 0.6) is 0 Å². The van der Waals surface area contributed by atoms with Gasteiger partial charge in [0.25, 0.3) is 5.91 Å².